The molecular formula is C39H15N9O. The van der Waals surface area contributed by atoms with Crippen LogP contribution >= 0.6 is 0 Å². The Labute approximate surface area is 280 Å². The van der Waals surface area contributed by atoms with Crippen LogP contribution in [0.3, 0.4) is 0 Å². The number of fused-ring (bicyclic) bond motifs is 2. The molecule has 0 bridgehead atoms. The molecule has 10 heteroatoms. The number of hydrogen-bond acceptors (Lipinski definition) is 10. The largest absolute Gasteiger partial charge is 0.453 e. The normalized spacial score (nSPS) is 10.6. The number of hydrogen-bond donors (Lipinski definition) is 0. The first-order chi connectivity index (χ1) is 23.9. The molecule has 0 aliphatic carbocycles. The van der Waals surface area contributed by atoms with Crippen molar-refractivity contribution in [3.05, 3.63) is 146 Å². The molecule has 0 saturated heterocycles. The van der Waals surface area contributed by atoms with Crippen LogP contribution < -0.4 is 9.64 Å². The Morgan fingerprint density at radius 3 is 1.16 bits per heavy atom. The van der Waals surface area contributed by atoms with E-state index in [2.05, 4.69) is 12.1 Å². The fourth-order valence-electron chi connectivity index (χ4n) is 6.09. The van der Waals surface area contributed by atoms with E-state index in [1.165, 1.54) is 36.4 Å². The highest BCUT2D eigenvalue weighted by atomic mass is 16.5. The SMILES string of the molecule is N#Cc1cc(C#N)c(C(c2cc(C#N)c(N3c4ccccc4Oc4ccccc43)c(C#N)c2)c2c(C#N)cc(C#N)cc2C#N)c(C#N)c1. The van der Waals surface area contributed by atoms with Crippen molar-refractivity contribution in [2.24, 2.45) is 0 Å². The summed E-state index contributed by atoms with van der Waals surface area (Å²) in [4.78, 5) is 1.75. The van der Waals surface area contributed by atoms with E-state index in [1.807, 2.05) is 36.4 Å². The summed E-state index contributed by atoms with van der Waals surface area (Å²) in [6.45, 7) is 0. The van der Waals surface area contributed by atoms with E-state index < -0.39 is 5.92 Å². The van der Waals surface area contributed by atoms with E-state index in [-0.39, 0.29) is 66.9 Å². The highest BCUT2D eigenvalue weighted by Crippen LogP contribution is 2.52. The zero-order valence-corrected chi connectivity index (χ0v) is 25.1. The van der Waals surface area contributed by atoms with Crippen LogP contribution in [-0.4, -0.2) is 0 Å². The summed E-state index contributed by atoms with van der Waals surface area (Å²) in [7, 11) is 0. The zero-order chi connectivity index (χ0) is 34.7. The molecule has 0 saturated carbocycles. The van der Waals surface area contributed by atoms with Gasteiger partial charge in [-0.1, -0.05) is 24.3 Å². The monoisotopic (exact) mass is 625 g/mol. The van der Waals surface area contributed by atoms with E-state index in [4.69, 9.17) is 4.74 Å². The molecule has 5 aromatic carbocycles. The average Bonchev–Trinajstić information content (AvgIpc) is 3.16. The van der Waals surface area contributed by atoms with Crippen molar-refractivity contribution in [3.63, 3.8) is 0 Å². The molecule has 0 aromatic heterocycles. The van der Waals surface area contributed by atoms with Crippen LogP contribution in [0.25, 0.3) is 0 Å². The highest BCUT2D eigenvalue weighted by Gasteiger charge is 2.33. The van der Waals surface area contributed by atoms with Gasteiger partial charge >= 0.3 is 0 Å². The van der Waals surface area contributed by atoms with E-state index in [1.54, 1.807) is 53.4 Å². The van der Waals surface area contributed by atoms with E-state index in [0.717, 1.165) is 0 Å². The Bertz CT molecular complexity index is 2360. The van der Waals surface area contributed by atoms with Crippen molar-refractivity contribution >= 4 is 17.1 Å². The van der Waals surface area contributed by atoms with Crippen LogP contribution in [0.4, 0.5) is 17.1 Å². The third kappa shape index (κ3) is 5.03. The molecule has 1 aliphatic rings. The first-order valence-electron chi connectivity index (χ1n) is 14.4. The molecule has 5 aromatic rings. The summed E-state index contributed by atoms with van der Waals surface area (Å²) in [6.07, 6.45) is 0. The van der Waals surface area contributed by atoms with Gasteiger partial charge in [-0.05, 0) is 77.4 Å². The molecule has 1 heterocycles. The van der Waals surface area contributed by atoms with Gasteiger partial charge in [-0.3, -0.25) is 0 Å². The van der Waals surface area contributed by atoms with Gasteiger partial charge < -0.3 is 9.64 Å². The maximum Gasteiger partial charge on any atom is 0.151 e. The van der Waals surface area contributed by atoms with Gasteiger partial charge in [-0.2, -0.15) is 42.1 Å². The number of benzene rings is 5. The van der Waals surface area contributed by atoms with Crippen molar-refractivity contribution < 1.29 is 4.74 Å². The quantitative estimate of drug-likeness (QED) is 0.177. The smallest absolute Gasteiger partial charge is 0.151 e. The number of nitriles is 8. The van der Waals surface area contributed by atoms with Gasteiger partial charge in [0.05, 0.1) is 98.0 Å². The standard InChI is InChI=1S/C39H15N9O/c40-15-23-9-26(17-42)36(27(10-23)18-43)38(37-28(19-44)11-24(16-41)12-29(37)20-45)25-13-30(21-46)39(31(14-25)22-47)48-32-5-1-3-7-34(32)49-35-8-4-2-6-33(35)48/h1-14,38H. The summed E-state index contributed by atoms with van der Waals surface area (Å²) in [6, 6.07) is 38.8. The predicted molar refractivity (Wildman–Crippen MR) is 173 cm³/mol. The molecule has 49 heavy (non-hydrogen) atoms. The Balaban J connectivity index is 1.75. The van der Waals surface area contributed by atoms with Crippen molar-refractivity contribution in [2.45, 2.75) is 5.92 Å². The summed E-state index contributed by atoms with van der Waals surface area (Å²) in [5, 5.41) is 81.6. The third-order valence-electron chi connectivity index (χ3n) is 8.04. The predicted octanol–water partition coefficient (Wildman–Crippen LogP) is 7.42. The van der Waals surface area contributed by atoms with Crippen molar-refractivity contribution in [1.82, 2.24) is 0 Å². The Morgan fingerprint density at radius 1 is 0.449 bits per heavy atom. The molecule has 222 valence electrons. The minimum atomic E-state index is -1.24. The van der Waals surface area contributed by atoms with Crippen molar-refractivity contribution in [3.8, 4) is 60.1 Å². The van der Waals surface area contributed by atoms with Crippen LogP contribution in [0.2, 0.25) is 0 Å². The fourth-order valence-corrected chi connectivity index (χ4v) is 6.09. The van der Waals surface area contributed by atoms with Gasteiger partial charge in [-0.15, -0.1) is 0 Å². The van der Waals surface area contributed by atoms with Gasteiger partial charge in [0.15, 0.2) is 11.5 Å². The van der Waals surface area contributed by atoms with Crippen molar-refractivity contribution in [1.29, 1.82) is 42.1 Å². The minimum Gasteiger partial charge on any atom is -0.453 e. The zero-order valence-electron chi connectivity index (χ0n) is 25.1. The number of rotatable bonds is 4. The molecule has 10 nitrogen and oxygen atoms in total. The fraction of sp³-hybridized carbons (Fsp3) is 0.0256. The van der Waals surface area contributed by atoms with Gasteiger partial charge in [0.1, 0.15) is 12.1 Å². The molecule has 0 radical (unpaired) electrons. The van der Waals surface area contributed by atoms with E-state index in [9.17, 15) is 42.1 Å². The molecule has 0 fully saturated rings. The van der Waals surface area contributed by atoms with Crippen molar-refractivity contribution in [2.75, 3.05) is 4.90 Å². The van der Waals surface area contributed by atoms with Gasteiger partial charge in [-0.25, -0.2) is 0 Å². The summed E-state index contributed by atoms with van der Waals surface area (Å²) in [5.41, 5.74) is 1.47. The molecule has 0 spiro atoms. The molecular weight excluding hydrogens is 610 g/mol. The number of nitrogens with zero attached hydrogens (tertiary/aromatic N) is 9. The van der Waals surface area contributed by atoms with E-state index in [0.29, 0.717) is 22.9 Å². The molecule has 0 atom stereocenters. The lowest BCUT2D eigenvalue weighted by molar-refractivity contribution is 0.477. The summed E-state index contributed by atoms with van der Waals surface area (Å²) < 4.78 is 6.12. The number of para-hydroxylation sites is 4. The lowest BCUT2D eigenvalue weighted by Crippen LogP contribution is -2.19. The van der Waals surface area contributed by atoms with Gasteiger partial charge in [0.25, 0.3) is 0 Å². The molecule has 6 rings (SSSR count). The van der Waals surface area contributed by atoms with Gasteiger partial charge in [0.2, 0.25) is 0 Å². The second-order valence-electron chi connectivity index (χ2n) is 10.6. The van der Waals surface area contributed by atoms with Gasteiger partial charge in [0, 0.05) is 5.92 Å². The highest BCUT2D eigenvalue weighted by molar-refractivity contribution is 5.90. The van der Waals surface area contributed by atoms with Crippen LogP contribution in [-0.2, 0) is 0 Å². The maximum absolute atomic E-state index is 10.7. The number of anilines is 3. The Kier molecular flexibility index (Phi) is 7.85. The lowest BCUT2D eigenvalue weighted by atomic mass is 9.76. The first kappa shape index (κ1) is 30.6. The number of ether oxygens (including phenoxy) is 1. The second kappa shape index (κ2) is 12.5. The second-order valence-corrected chi connectivity index (χ2v) is 10.6. The summed E-state index contributed by atoms with van der Waals surface area (Å²) >= 11 is 0. The lowest BCUT2D eigenvalue weighted by Gasteiger charge is -2.34. The first-order valence-corrected chi connectivity index (χ1v) is 14.4. The van der Waals surface area contributed by atoms with Crippen LogP contribution in [0.5, 0.6) is 11.5 Å². The molecule has 0 amide bonds. The topological polar surface area (TPSA) is 203 Å². The Hall–Kier alpha value is -8.38. The Morgan fingerprint density at radius 2 is 0.816 bits per heavy atom. The maximum atomic E-state index is 10.7. The average molecular weight is 626 g/mol. The minimum absolute atomic E-state index is 0.0295. The molecule has 0 N–H and O–H groups in total. The van der Waals surface area contributed by atoms with Crippen LogP contribution in [0.1, 0.15) is 67.1 Å². The molecule has 0 unspecified atom stereocenters. The third-order valence-corrected chi connectivity index (χ3v) is 8.04. The van der Waals surface area contributed by atoms with Crippen LogP contribution in [0.15, 0.2) is 84.9 Å². The molecule has 1 aliphatic heterocycles. The summed E-state index contributed by atoms with van der Waals surface area (Å²) in [5.74, 6) is -0.270. The van der Waals surface area contributed by atoms with Crippen LogP contribution in [0, 0.1) is 90.6 Å². The van der Waals surface area contributed by atoms with E-state index >= 15 is 0 Å².